The molecule has 2 saturated heterocycles. The van der Waals surface area contributed by atoms with Crippen molar-refractivity contribution in [1.82, 2.24) is 15.2 Å². The van der Waals surface area contributed by atoms with Crippen molar-refractivity contribution in [2.75, 3.05) is 7.05 Å². The van der Waals surface area contributed by atoms with Crippen LogP contribution in [0, 0.1) is 0 Å². The molecule has 2 aliphatic rings. The molecule has 3 aromatic rings. The second-order valence-electron chi connectivity index (χ2n) is 7.33. The maximum Gasteiger partial charge on any atom is 0.263 e. The van der Waals surface area contributed by atoms with Gasteiger partial charge >= 0.3 is 0 Å². The number of para-hydroxylation sites is 1. The Morgan fingerprint density at radius 1 is 1.12 bits per heavy atom. The highest BCUT2D eigenvalue weighted by Crippen LogP contribution is 2.35. The third kappa shape index (κ3) is 2.86. The van der Waals surface area contributed by atoms with Crippen LogP contribution in [0.3, 0.4) is 0 Å². The summed E-state index contributed by atoms with van der Waals surface area (Å²) in [6.07, 6.45) is 4.66. The molecular formula is C20H21N3OS2. The van der Waals surface area contributed by atoms with Crippen molar-refractivity contribution in [3.8, 4) is 9.88 Å². The maximum absolute atomic E-state index is 13.0. The molecule has 1 aromatic carbocycles. The number of nitrogens with zero attached hydrogens (tertiary/aromatic N) is 2. The van der Waals surface area contributed by atoms with E-state index in [0.29, 0.717) is 18.1 Å². The van der Waals surface area contributed by atoms with Gasteiger partial charge in [-0.05, 0) is 49.9 Å². The number of rotatable bonds is 3. The Kier molecular flexibility index (Phi) is 4.07. The Bertz CT molecular complexity index is 918. The summed E-state index contributed by atoms with van der Waals surface area (Å²) in [6.45, 7) is 0. The van der Waals surface area contributed by atoms with Gasteiger partial charge in [0.15, 0.2) is 0 Å². The maximum atomic E-state index is 13.0. The van der Waals surface area contributed by atoms with Crippen molar-refractivity contribution >= 4 is 38.8 Å². The molecular weight excluding hydrogens is 362 g/mol. The number of hydrogen-bond acceptors (Lipinski definition) is 5. The van der Waals surface area contributed by atoms with E-state index in [9.17, 15) is 4.79 Å². The van der Waals surface area contributed by atoms with Crippen molar-refractivity contribution in [1.29, 1.82) is 0 Å². The lowest BCUT2D eigenvalue weighted by Crippen LogP contribution is -2.48. The van der Waals surface area contributed by atoms with Crippen LogP contribution in [0.15, 0.2) is 36.4 Å². The average molecular weight is 384 g/mol. The molecule has 4 heterocycles. The fourth-order valence-electron chi connectivity index (χ4n) is 4.23. The number of aromatic nitrogens is 1. The standard InChI is InChI=1S/C20H21N3OS2/c1-23(14-10-12-6-7-13(11-14)21-12)20(24)18-9-8-17(25-18)19-22-15-4-2-3-5-16(15)26-19/h2-5,8-9,12-14,21H,6-7,10-11H2,1H3. The van der Waals surface area contributed by atoms with Gasteiger partial charge in [-0.25, -0.2) is 4.98 Å². The molecule has 0 aliphatic carbocycles. The van der Waals surface area contributed by atoms with E-state index in [-0.39, 0.29) is 5.91 Å². The number of carbonyl (C=O) groups excluding carboxylic acids is 1. The van der Waals surface area contributed by atoms with Gasteiger partial charge in [0.1, 0.15) is 5.01 Å². The SMILES string of the molecule is CN(C(=O)c1ccc(-c2nc3ccccc3s2)s1)C1CC2CCC(C1)N2. The van der Waals surface area contributed by atoms with Crippen LogP contribution >= 0.6 is 22.7 Å². The van der Waals surface area contributed by atoms with Crippen LogP contribution in [0.4, 0.5) is 0 Å². The normalized spacial score (nSPS) is 24.9. The van der Waals surface area contributed by atoms with E-state index in [1.54, 1.807) is 22.7 Å². The van der Waals surface area contributed by atoms with Crippen molar-refractivity contribution in [2.45, 2.75) is 43.8 Å². The Morgan fingerprint density at radius 3 is 2.65 bits per heavy atom. The van der Waals surface area contributed by atoms with E-state index < -0.39 is 0 Å². The Labute approximate surface area is 160 Å². The fraction of sp³-hybridized carbons (Fsp3) is 0.400. The van der Waals surface area contributed by atoms with Gasteiger partial charge in [-0.15, -0.1) is 22.7 Å². The smallest absolute Gasteiger partial charge is 0.263 e. The first-order chi connectivity index (χ1) is 12.7. The molecule has 5 rings (SSSR count). The number of nitrogens with one attached hydrogen (secondary N) is 1. The first-order valence-electron chi connectivity index (χ1n) is 9.16. The second-order valence-corrected chi connectivity index (χ2v) is 9.44. The molecule has 0 spiro atoms. The average Bonchev–Trinajstić information content (AvgIpc) is 3.38. The summed E-state index contributed by atoms with van der Waals surface area (Å²) < 4.78 is 1.19. The number of piperidine rings is 1. The highest BCUT2D eigenvalue weighted by molar-refractivity contribution is 7.26. The Morgan fingerprint density at radius 2 is 1.88 bits per heavy atom. The predicted molar refractivity (Wildman–Crippen MR) is 108 cm³/mol. The van der Waals surface area contributed by atoms with Gasteiger partial charge < -0.3 is 10.2 Å². The predicted octanol–water partition coefficient (Wildman–Crippen LogP) is 4.38. The largest absolute Gasteiger partial charge is 0.338 e. The molecule has 4 nitrogen and oxygen atoms in total. The zero-order chi connectivity index (χ0) is 17.7. The molecule has 1 N–H and O–H groups in total. The van der Waals surface area contributed by atoms with Crippen molar-refractivity contribution in [3.63, 3.8) is 0 Å². The lowest BCUT2D eigenvalue weighted by molar-refractivity contribution is 0.0686. The van der Waals surface area contributed by atoms with E-state index in [1.165, 1.54) is 17.5 Å². The second kappa shape index (κ2) is 6.44. The van der Waals surface area contributed by atoms with E-state index in [2.05, 4.69) is 11.4 Å². The van der Waals surface area contributed by atoms with E-state index in [4.69, 9.17) is 4.98 Å². The molecule has 0 saturated carbocycles. The lowest BCUT2D eigenvalue weighted by Gasteiger charge is -2.35. The molecule has 2 unspecified atom stereocenters. The summed E-state index contributed by atoms with van der Waals surface area (Å²) in [5, 5.41) is 4.65. The third-order valence-electron chi connectivity index (χ3n) is 5.64. The Hall–Kier alpha value is -1.76. The minimum Gasteiger partial charge on any atom is -0.338 e. The van der Waals surface area contributed by atoms with Gasteiger partial charge in [-0.2, -0.15) is 0 Å². The van der Waals surface area contributed by atoms with Crippen LogP contribution in [0.5, 0.6) is 0 Å². The number of fused-ring (bicyclic) bond motifs is 3. The van der Waals surface area contributed by atoms with Gasteiger partial charge in [-0.1, -0.05) is 12.1 Å². The summed E-state index contributed by atoms with van der Waals surface area (Å²) in [4.78, 5) is 21.6. The number of carbonyl (C=O) groups is 1. The summed E-state index contributed by atoms with van der Waals surface area (Å²) >= 11 is 3.25. The lowest BCUT2D eigenvalue weighted by atomic mass is 9.98. The first-order valence-corrected chi connectivity index (χ1v) is 10.8. The fourth-order valence-corrected chi connectivity index (χ4v) is 6.24. The minimum atomic E-state index is 0.147. The van der Waals surface area contributed by atoms with Crippen LogP contribution in [0.1, 0.15) is 35.4 Å². The molecule has 2 fully saturated rings. The topological polar surface area (TPSA) is 45.2 Å². The summed E-state index contributed by atoms with van der Waals surface area (Å²) in [6, 6.07) is 13.7. The van der Waals surface area contributed by atoms with Crippen LogP contribution in [-0.4, -0.2) is 41.0 Å². The zero-order valence-electron chi connectivity index (χ0n) is 14.6. The zero-order valence-corrected chi connectivity index (χ0v) is 16.3. The van der Waals surface area contributed by atoms with Crippen molar-refractivity contribution < 1.29 is 4.79 Å². The van der Waals surface area contributed by atoms with Crippen LogP contribution in [-0.2, 0) is 0 Å². The molecule has 26 heavy (non-hydrogen) atoms. The number of amides is 1. The van der Waals surface area contributed by atoms with Gasteiger partial charge in [0.25, 0.3) is 5.91 Å². The third-order valence-corrected chi connectivity index (χ3v) is 7.92. The minimum absolute atomic E-state index is 0.147. The molecule has 2 atom stereocenters. The number of thiazole rings is 1. The highest BCUT2D eigenvalue weighted by atomic mass is 32.1. The molecule has 0 radical (unpaired) electrons. The van der Waals surface area contributed by atoms with Crippen LogP contribution in [0.25, 0.3) is 20.1 Å². The van der Waals surface area contributed by atoms with E-state index in [0.717, 1.165) is 33.1 Å². The van der Waals surface area contributed by atoms with Gasteiger partial charge in [0, 0.05) is 25.2 Å². The molecule has 2 aliphatic heterocycles. The van der Waals surface area contributed by atoms with E-state index >= 15 is 0 Å². The molecule has 2 aromatic heterocycles. The van der Waals surface area contributed by atoms with Crippen molar-refractivity contribution in [2.24, 2.45) is 0 Å². The van der Waals surface area contributed by atoms with Crippen molar-refractivity contribution in [3.05, 3.63) is 41.3 Å². The monoisotopic (exact) mass is 383 g/mol. The van der Waals surface area contributed by atoms with Crippen LogP contribution < -0.4 is 5.32 Å². The van der Waals surface area contributed by atoms with E-state index in [1.807, 2.05) is 42.3 Å². The molecule has 134 valence electrons. The number of benzene rings is 1. The van der Waals surface area contributed by atoms with Crippen LogP contribution in [0.2, 0.25) is 0 Å². The molecule has 1 amide bonds. The summed E-state index contributed by atoms with van der Waals surface area (Å²) in [7, 11) is 1.97. The molecule has 2 bridgehead atoms. The first kappa shape index (κ1) is 16.4. The van der Waals surface area contributed by atoms with Gasteiger partial charge in [0.2, 0.25) is 0 Å². The quantitative estimate of drug-likeness (QED) is 0.730. The summed E-state index contributed by atoms with van der Waals surface area (Å²) in [5.74, 6) is 0.147. The summed E-state index contributed by atoms with van der Waals surface area (Å²) in [5.41, 5.74) is 1.02. The highest BCUT2D eigenvalue weighted by Gasteiger charge is 2.36. The Balaban J connectivity index is 1.36. The van der Waals surface area contributed by atoms with Gasteiger partial charge in [0.05, 0.1) is 20.0 Å². The number of hydrogen-bond donors (Lipinski definition) is 1. The number of thiophene rings is 1. The molecule has 6 heteroatoms. The van der Waals surface area contributed by atoms with Gasteiger partial charge in [-0.3, -0.25) is 4.79 Å².